The van der Waals surface area contributed by atoms with E-state index < -0.39 is 24.4 Å². The van der Waals surface area contributed by atoms with E-state index in [1.165, 1.54) is 18.2 Å². The maximum atomic E-state index is 13.6. The van der Waals surface area contributed by atoms with Gasteiger partial charge in [0.1, 0.15) is 17.0 Å². The van der Waals surface area contributed by atoms with Crippen molar-refractivity contribution in [3.8, 4) is 0 Å². The first-order chi connectivity index (χ1) is 17.8. The zero-order valence-electron chi connectivity index (χ0n) is 25.2. The molecule has 2 aromatic carbocycles. The Bertz CT molecular complexity index is 1210. The molecule has 0 radical (unpaired) electrons. The molecular formula is C27H37Br2F4KN4O. The van der Waals surface area contributed by atoms with E-state index in [0.717, 1.165) is 15.8 Å². The van der Waals surface area contributed by atoms with Gasteiger partial charge in [-0.3, -0.25) is 9.38 Å². The van der Waals surface area contributed by atoms with Gasteiger partial charge < -0.3 is 15.0 Å². The van der Waals surface area contributed by atoms with E-state index in [9.17, 15) is 22.7 Å². The molecule has 0 aliphatic rings. The van der Waals surface area contributed by atoms with Crippen LogP contribution in [0.5, 0.6) is 0 Å². The van der Waals surface area contributed by atoms with E-state index in [1.807, 2.05) is 31.4 Å². The maximum absolute atomic E-state index is 13.6. The summed E-state index contributed by atoms with van der Waals surface area (Å²) in [5.41, 5.74) is 0.365. The Kier molecular flexibility index (Phi) is 18.8. The fourth-order valence-electron chi connectivity index (χ4n) is 3.15. The zero-order valence-corrected chi connectivity index (χ0v) is 30.5. The van der Waals surface area contributed by atoms with Crippen molar-refractivity contribution >= 4 is 54.4 Å². The summed E-state index contributed by atoms with van der Waals surface area (Å²) < 4.78 is 59.1. The molecule has 1 heterocycles. The second-order valence-corrected chi connectivity index (χ2v) is 11.5. The van der Waals surface area contributed by atoms with E-state index in [0.29, 0.717) is 15.8 Å². The summed E-state index contributed by atoms with van der Waals surface area (Å²) in [5, 5.41) is 12.7. The van der Waals surface area contributed by atoms with Crippen LogP contribution in [-0.4, -0.2) is 34.2 Å². The van der Waals surface area contributed by atoms with E-state index in [4.69, 9.17) is 1.37 Å². The molecule has 214 valence electrons. The number of fused-ring (bicyclic) bond motifs is 1. The van der Waals surface area contributed by atoms with Crippen LogP contribution in [-0.2, 0) is 0 Å². The number of hydrogen-bond acceptors (Lipinski definition) is 3. The standard InChI is InChI=1S/C11H13BrF2N2.C11H12BrFN2.C4H9O.CH3F.K/c1-6(2)15-7(3)16-11-9(13)4-8(12)5-10(11)14;1-6(2)15-7(3)14-11-9(13)4-8(12)5-10(11)15;1-4(2,3)5;1-2;/h4-6H,1-3H3,(H,15,16);4-6H,1-3H3;1-3H3;1H3;/q;;-1;;+1/i;;;1D;. The summed E-state index contributed by atoms with van der Waals surface area (Å²) in [7, 11) is -1.00. The molecule has 0 atom stereocenters. The maximum Gasteiger partial charge on any atom is 1.00 e. The quantitative estimate of drug-likeness (QED) is 0.169. The van der Waals surface area contributed by atoms with Crippen LogP contribution in [0.3, 0.4) is 0 Å². The minimum absolute atomic E-state index is 0. The van der Waals surface area contributed by atoms with Crippen LogP contribution < -0.4 is 61.8 Å². The monoisotopic (exact) mass is 707 g/mol. The number of alkyl halides is 1. The second-order valence-electron chi connectivity index (χ2n) is 9.67. The minimum Gasteiger partial charge on any atom is -0.850 e. The van der Waals surface area contributed by atoms with Gasteiger partial charge in [0.05, 0.1) is 19.9 Å². The molecule has 39 heavy (non-hydrogen) atoms. The molecule has 5 nitrogen and oxygen atoms in total. The first-order valence-electron chi connectivity index (χ1n) is 12.4. The number of benzene rings is 2. The molecule has 0 aliphatic carbocycles. The van der Waals surface area contributed by atoms with Gasteiger partial charge in [-0.1, -0.05) is 52.6 Å². The van der Waals surface area contributed by atoms with Crippen LogP contribution in [0.15, 0.2) is 38.2 Å². The van der Waals surface area contributed by atoms with Crippen molar-refractivity contribution in [1.29, 1.82) is 0 Å². The van der Waals surface area contributed by atoms with Crippen LogP contribution in [0, 0.1) is 24.4 Å². The Morgan fingerprint density at radius 3 is 1.85 bits per heavy atom. The van der Waals surface area contributed by atoms with Crippen LogP contribution in [0.2, 0.25) is 0 Å². The molecule has 0 bridgehead atoms. The van der Waals surface area contributed by atoms with Crippen molar-refractivity contribution in [2.45, 2.75) is 80.0 Å². The van der Waals surface area contributed by atoms with E-state index >= 15 is 0 Å². The van der Waals surface area contributed by atoms with Gasteiger partial charge >= 0.3 is 51.4 Å². The smallest absolute Gasteiger partial charge is 0.850 e. The van der Waals surface area contributed by atoms with Gasteiger partial charge in [-0.25, -0.2) is 18.2 Å². The number of nitrogens with one attached hydrogen (secondary N) is 1. The van der Waals surface area contributed by atoms with Crippen molar-refractivity contribution in [3.05, 3.63) is 56.5 Å². The summed E-state index contributed by atoms with van der Waals surface area (Å²) in [4.78, 5) is 8.38. The Hall–Kier alpha value is -0.344. The summed E-state index contributed by atoms with van der Waals surface area (Å²) in [5.74, 6) is -0.246. The average Bonchev–Trinajstić information content (AvgIpc) is 3.06. The summed E-state index contributed by atoms with van der Waals surface area (Å²) >= 11 is 6.31. The molecule has 0 aliphatic heterocycles. The molecule has 0 spiro atoms. The zero-order chi connectivity index (χ0) is 30.7. The molecule has 3 aromatic rings. The summed E-state index contributed by atoms with van der Waals surface area (Å²) in [6, 6.07) is 6.11. The van der Waals surface area contributed by atoms with Crippen LogP contribution >= 0.6 is 31.9 Å². The molecule has 1 N–H and O–H groups in total. The number of hydrogen-bond donors (Lipinski definition) is 1. The fraction of sp³-hybridized carbons (Fsp3) is 0.481. The van der Waals surface area contributed by atoms with Crippen molar-refractivity contribution in [2.24, 2.45) is 4.99 Å². The third-order valence-corrected chi connectivity index (χ3v) is 5.09. The number of aromatic nitrogens is 2. The number of aryl methyl sites for hydroxylation is 1. The predicted molar refractivity (Wildman–Crippen MR) is 155 cm³/mol. The summed E-state index contributed by atoms with van der Waals surface area (Å²) in [6.07, 6.45) is 0. The topological polar surface area (TPSA) is 65.3 Å². The largest absolute Gasteiger partial charge is 1.00 e. The molecule has 0 unspecified atom stereocenters. The van der Waals surface area contributed by atoms with E-state index in [2.05, 4.69) is 61.0 Å². The molecule has 0 fully saturated rings. The van der Waals surface area contributed by atoms with Gasteiger partial charge in [0, 0.05) is 21.0 Å². The minimum atomic E-state index is -1.00. The van der Waals surface area contributed by atoms with Gasteiger partial charge in [-0.15, -0.1) is 5.60 Å². The third-order valence-electron chi connectivity index (χ3n) is 4.17. The van der Waals surface area contributed by atoms with Gasteiger partial charge in [-0.05, 0) is 65.8 Å². The Morgan fingerprint density at radius 2 is 1.44 bits per heavy atom. The van der Waals surface area contributed by atoms with Gasteiger partial charge in [-0.2, -0.15) is 0 Å². The van der Waals surface area contributed by atoms with Crippen molar-refractivity contribution in [2.75, 3.05) is 12.5 Å². The first kappa shape index (κ1) is 38.7. The van der Waals surface area contributed by atoms with Crippen LogP contribution in [0.1, 0.15) is 68.6 Å². The number of amidine groups is 1. The van der Waals surface area contributed by atoms with Crippen molar-refractivity contribution < 1.29 is 75.4 Å². The van der Waals surface area contributed by atoms with Crippen molar-refractivity contribution in [1.82, 2.24) is 9.55 Å². The molecular weight excluding hydrogens is 671 g/mol. The third kappa shape index (κ3) is 15.5. The van der Waals surface area contributed by atoms with Gasteiger partial charge in [0.15, 0.2) is 17.5 Å². The van der Waals surface area contributed by atoms with Gasteiger partial charge in [0.2, 0.25) is 0 Å². The van der Waals surface area contributed by atoms with Crippen LogP contribution in [0.4, 0.5) is 23.2 Å². The Labute approximate surface area is 290 Å². The summed E-state index contributed by atoms with van der Waals surface area (Å²) in [6.45, 7) is 16.4. The number of rotatable bonds is 3. The molecule has 12 heteroatoms. The predicted octanol–water partition coefficient (Wildman–Crippen LogP) is 5.53. The number of anilines is 1. The Morgan fingerprint density at radius 1 is 1.03 bits per heavy atom. The number of imidazole rings is 1. The number of aliphatic imine (C=N–C) groups is 1. The number of nitrogens with zero attached hydrogens (tertiary/aromatic N) is 3. The molecule has 0 saturated carbocycles. The number of halogens is 6. The fourth-order valence-corrected chi connectivity index (χ4v) is 3.97. The van der Waals surface area contributed by atoms with Crippen LogP contribution in [0.25, 0.3) is 11.0 Å². The van der Waals surface area contributed by atoms with Crippen molar-refractivity contribution in [3.63, 3.8) is 0 Å². The normalized spacial score (nSPS) is 11.4. The molecule has 0 amide bonds. The molecule has 1 aromatic heterocycles. The first-order valence-corrected chi connectivity index (χ1v) is 13.3. The second kappa shape index (κ2) is 19.0. The van der Waals surface area contributed by atoms with E-state index in [1.54, 1.807) is 27.7 Å². The Balaban J connectivity index is 0. The van der Waals surface area contributed by atoms with Gasteiger partial charge in [0.25, 0.3) is 0 Å². The van der Waals surface area contributed by atoms with E-state index in [-0.39, 0.29) is 75.0 Å². The SMILES string of the molecule is CC(=NC(C)C)Nc1c(F)cc(Br)cc1F.CC(C)(C)[O-].Cc1nc2c(F)cc(Br)cc2n1C(C)C.[2H]CF.[K+]. The molecule has 3 rings (SSSR count). The molecule has 0 saturated heterocycles. The average molecular weight is 710 g/mol.